The number of esters is 1. The van der Waals surface area contributed by atoms with E-state index in [1.54, 1.807) is 31.2 Å². The summed E-state index contributed by atoms with van der Waals surface area (Å²) in [5.74, 6) is 5.82. The predicted molar refractivity (Wildman–Crippen MR) is 74.6 cm³/mol. The maximum atomic E-state index is 11.0. The van der Waals surface area contributed by atoms with Gasteiger partial charge in [-0.2, -0.15) is 0 Å². The number of phenolic OH excluding ortho intramolecular Hbond substituents is 1. The van der Waals surface area contributed by atoms with Crippen molar-refractivity contribution in [1.82, 2.24) is 0 Å². The van der Waals surface area contributed by atoms with Gasteiger partial charge in [0.1, 0.15) is 5.75 Å². The largest absolute Gasteiger partial charge is 0.507 e. The van der Waals surface area contributed by atoms with E-state index >= 15 is 0 Å². The van der Waals surface area contributed by atoms with Crippen molar-refractivity contribution in [3.8, 4) is 17.6 Å². The van der Waals surface area contributed by atoms with Gasteiger partial charge >= 0.3 is 5.97 Å². The zero-order valence-corrected chi connectivity index (χ0v) is 11.1. The van der Waals surface area contributed by atoms with E-state index in [1.165, 1.54) is 6.08 Å². The van der Waals surface area contributed by atoms with Gasteiger partial charge in [-0.25, -0.2) is 4.79 Å². The summed E-state index contributed by atoms with van der Waals surface area (Å²) < 4.78 is 4.76. The van der Waals surface area contributed by atoms with Crippen molar-refractivity contribution in [1.29, 1.82) is 0 Å². The maximum Gasteiger partial charge on any atom is 0.330 e. The van der Waals surface area contributed by atoms with Crippen LogP contribution in [0.2, 0.25) is 0 Å². The van der Waals surface area contributed by atoms with Crippen LogP contribution in [0.15, 0.2) is 36.4 Å². The smallest absolute Gasteiger partial charge is 0.330 e. The molecule has 19 heavy (non-hydrogen) atoms. The highest BCUT2D eigenvalue weighted by molar-refractivity contribution is 5.81. The van der Waals surface area contributed by atoms with E-state index in [0.29, 0.717) is 12.2 Å². The Morgan fingerprint density at radius 3 is 2.95 bits per heavy atom. The Morgan fingerprint density at radius 1 is 1.42 bits per heavy atom. The summed E-state index contributed by atoms with van der Waals surface area (Å²) in [5.41, 5.74) is 0.643. The molecule has 100 valence electrons. The first-order chi connectivity index (χ1) is 9.24. The number of carbonyl (C=O) groups excluding carboxylic acids is 1. The average Bonchev–Trinajstić information content (AvgIpc) is 2.40. The molecule has 0 radical (unpaired) electrons. The Hall–Kier alpha value is -2.21. The van der Waals surface area contributed by atoms with Crippen molar-refractivity contribution < 1.29 is 14.6 Å². The second kappa shape index (κ2) is 8.82. The van der Waals surface area contributed by atoms with Gasteiger partial charge in [0.25, 0.3) is 0 Å². The fourth-order valence-electron chi connectivity index (χ4n) is 1.42. The highest BCUT2D eigenvalue weighted by Crippen LogP contribution is 2.13. The normalized spacial score (nSPS) is 9.95. The summed E-state index contributed by atoms with van der Waals surface area (Å²) in [6, 6.07) is 7.00. The van der Waals surface area contributed by atoms with Crippen molar-refractivity contribution in [2.75, 3.05) is 6.61 Å². The quantitative estimate of drug-likeness (QED) is 0.382. The first-order valence-corrected chi connectivity index (χ1v) is 6.34. The Kier molecular flexibility index (Phi) is 6.89. The lowest BCUT2D eigenvalue weighted by atomic mass is 10.2. The van der Waals surface area contributed by atoms with Crippen LogP contribution in [0, 0.1) is 11.8 Å². The minimum atomic E-state index is -0.303. The van der Waals surface area contributed by atoms with E-state index in [2.05, 4.69) is 11.8 Å². The first kappa shape index (κ1) is 14.8. The van der Waals surface area contributed by atoms with Crippen molar-refractivity contribution >= 4 is 5.97 Å². The Balaban J connectivity index is 2.25. The van der Waals surface area contributed by atoms with Crippen molar-refractivity contribution in [3.63, 3.8) is 0 Å². The molecule has 0 aliphatic carbocycles. The minimum absolute atomic E-state index is 0.206. The third-order valence-electron chi connectivity index (χ3n) is 2.34. The molecule has 0 saturated heterocycles. The molecule has 0 bridgehead atoms. The monoisotopic (exact) mass is 258 g/mol. The average molecular weight is 258 g/mol. The molecule has 0 unspecified atom stereocenters. The van der Waals surface area contributed by atoms with Gasteiger partial charge in [-0.15, -0.1) is 0 Å². The Bertz CT molecular complexity index is 492. The molecule has 0 heterocycles. The van der Waals surface area contributed by atoms with Crippen LogP contribution in [-0.2, 0) is 9.53 Å². The van der Waals surface area contributed by atoms with Crippen LogP contribution in [0.25, 0.3) is 0 Å². The molecule has 1 N–H and O–H groups in total. The zero-order chi connectivity index (χ0) is 13.9. The highest BCUT2D eigenvalue weighted by Gasteiger charge is 1.93. The number of hydrogen-bond donors (Lipinski definition) is 1. The summed E-state index contributed by atoms with van der Waals surface area (Å²) in [6.07, 6.45) is 5.62. The predicted octanol–water partition coefficient (Wildman–Crippen LogP) is 3.03. The third kappa shape index (κ3) is 6.32. The van der Waals surface area contributed by atoms with Crippen LogP contribution in [0.4, 0.5) is 0 Å². The van der Waals surface area contributed by atoms with E-state index in [1.807, 2.05) is 6.07 Å². The van der Waals surface area contributed by atoms with E-state index in [-0.39, 0.29) is 11.7 Å². The Labute approximate surface area is 113 Å². The van der Waals surface area contributed by atoms with Gasteiger partial charge in [0.15, 0.2) is 0 Å². The van der Waals surface area contributed by atoms with Crippen molar-refractivity contribution in [2.24, 2.45) is 0 Å². The minimum Gasteiger partial charge on any atom is -0.507 e. The Morgan fingerprint density at radius 2 is 2.21 bits per heavy atom. The second-order valence-electron chi connectivity index (χ2n) is 3.87. The molecular weight excluding hydrogens is 240 g/mol. The standard InChI is InChI=1S/C16H18O3/c1-2-19-16(18)13-7-5-3-4-6-10-14-11-8-9-12-15(14)17/h7-9,11-13,17H,2-5H2,1H3/b13-7+. The van der Waals surface area contributed by atoms with E-state index in [0.717, 1.165) is 19.3 Å². The zero-order valence-electron chi connectivity index (χ0n) is 11.1. The highest BCUT2D eigenvalue weighted by atomic mass is 16.5. The number of benzene rings is 1. The van der Waals surface area contributed by atoms with E-state index in [9.17, 15) is 9.90 Å². The van der Waals surface area contributed by atoms with E-state index < -0.39 is 0 Å². The number of unbranched alkanes of at least 4 members (excludes halogenated alkanes) is 2. The van der Waals surface area contributed by atoms with Crippen LogP contribution in [-0.4, -0.2) is 17.7 Å². The van der Waals surface area contributed by atoms with Gasteiger partial charge in [0.05, 0.1) is 12.2 Å². The number of allylic oxidation sites excluding steroid dienone is 1. The van der Waals surface area contributed by atoms with Crippen molar-refractivity contribution in [2.45, 2.75) is 26.2 Å². The summed E-state index contributed by atoms with van der Waals surface area (Å²) in [5, 5.41) is 9.50. The molecule has 1 aromatic carbocycles. The number of carbonyl (C=O) groups is 1. The molecule has 0 saturated carbocycles. The lowest BCUT2D eigenvalue weighted by molar-refractivity contribution is -0.137. The van der Waals surface area contributed by atoms with Gasteiger partial charge in [0, 0.05) is 12.5 Å². The molecule has 0 aliphatic heterocycles. The lowest BCUT2D eigenvalue weighted by Gasteiger charge is -1.94. The molecule has 1 rings (SSSR count). The first-order valence-electron chi connectivity index (χ1n) is 6.34. The SMILES string of the molecule is CCOC(=O)/C=C/CCCC#Cc1ccccc1O. The van der Waals surface area contributed by atoms with Crippen LogP contribution in [0.5, 0.6) is 5.75 Å². The molecule has 3 heteroatoms. The van der Waals surface area contributed by atoms with Crippen molar-refractivity contribution in [3.05, 3.63) is 42.0 Å². The molecule has 0 aromatic heterocycles. The fraction of sp³-hybridized carbons (Fsp3) is 0.312. The topological polar surface area (TPSA) is 46.5 Å². The number of aromatic hydroxyl groups is 1. The van der Waals surface area contributed by atoms with Gasteiger partial charge in [-0.1, -0.05) is 30.0 Å². The van der Waals surface area contributed by atoms with Gasteiger partial charge in [-0.3, -0.25) is 0 Å². The number of phenols is 1. The molecular formula is C16H18O3. The molecule has 0 amide bonds. The summed E-state index contributed by atoms with van der Waals surface area (Å²) in [4.78, 5) is 11.0. The van der Waals surface area contributed by atoms with Crippen LogP contribution in [0.3, 0.4) is 0 Å². The molecule has 0 spiro atoms. The number of rotatable bonds is 5. The summed E-state index contributed by atoms with van der Waals surface area (Å²) >= 11 is 0. The van der Waals surface area contributed by atoms with E-state index in [4.69, 9.17) is 4.74 Å². The molecule has 0 aliphatic rings. The third-order valence-corrected chi connectivity index (χ3v) is 2.34. The van der Waals surface area contributed by atoms with Crippen LogP contribution in [0.1, 0.15) is 31.7 Å². The molecule has 3 nitrogen and oxygen atoms in total. The van der Waals surface area contributed by atoms with Gasteiger partial charge in [0.2, 0.25) is 0 Å². The number of hydrogen-bond acceptors (Lipinski definition) is 3. The lowest BCUT2D eigenvalue weighted by Crippen LogP contribution is -1.98. The van der Waals surface area contributed by atoms with Crippen LogP contribution < -0.4 is 0 Å². The summed E-state index contributed by atoms with van der Waals surface area (Å²) in [6.45, 7) is 2.18. The molecule has 1 aromatic rings. The van der Waals surface area contributed by atoms with Gasteiger partial charge in [-0.05, 0) is 31.9 Å². The van der Waals surface area contributed by atoms with Gasteiger partial charge < -0.3 is 9.84 Å². The molecule has 0 fully saturated rings. The van der Waals surface area contributed by atoms with Crippen LogP contribution >= 0.6 is 0 Å². The molecule has 0 atom stereocenters. The number of para-hydroxylation sites is 1. The second-order valence-corrected chi connectivity index (χ2v) is 3.87. The fourth-order valence-corrected chi connectivity index (χ4v) is 1.42. The maximum absolute atomic E-state index is 11.0. The summed E-state index contributed by atoms with van der Waals surface area (Å²) in [7, 11) is 0. The number of ether oxygens (including phenoxy) is 1.